The highest BCUT2D eigenvalue weighted by molar-refractivity contribution is 5.94. The van der Waals surface area contributed by atoms with Crippen LogP contribution in [0.2, 0.25) is 0 Å². The SMILES string of the molecule is O=C(NC[C@H](c1ccc2c(c1)OCO2)N1CCN(c2ccccc2F)CC1)c1ccc(F)c(F)c1. The Morgan fingerprint density at radius 1 is 0.857 bits per heavy atom. The molecule has 5 rings (SSSR count). The summed E-state index contributed by atoms with van der Waals surface area (Å²) in [5.41, 5.74) is 1.52. The number of anilines is 1. The van der Waals surface area contributed by atoms with E-state index in [0.29, 0.717) is 43.4 Å². The minimum absolute atomic E-state index is 0.0395. The summed E-state index contributed by atoms with van der Waals surface area (Å²) in [5.74, 6) is -1.56. The standard InChI is InChI=1S/C26H24F3N3O3/c27-19-7-5-18(13-21(19)29)26(33)30-15-23(17-6-8-24-25(14-17)35-16-34-24)32-11-9-31(10-12-32)22-4-2-1-3-20(22)28/h1-8,13-14,23H,9-12,15-16H2,(H,30,33)/t23-/m1/s1. The Balaban J connectivity index is 1.33. The Labute approximate surface area is 200 Å². The van der Waals surface area contributed by atoms with Crippen molar-refractivity contribution in [2.45, 2.75) is 6.04 Å². The number of para-hydroxylation sites is 1. The lowest BCUT2D eigenvalue weighted by Gasteiger charge is -2.40. The number of carbonyl (C=O) groups excluding carboxylic acids is 1. The summed E-state index contributed by atoms with van der Waals surface area (Å²) in [5, 5.41) is 2.85. The summed E-state index contributed by atoms with van der Waals surface area (Å²) in [6, 6.07) is 15.2. The van der Waals surface area contributed by atoms with E-state index in [9.17, 15) is 18.0 Å². The second kappa shape index (κ2) is 9.87. The van der Waals surface area contributed by atoms with Crippen molar-refractivity contribution in [2.75, 3.05) is 44.4 Å². The molecular formula is C26H24F3N3O3. The lowest BCUT2D eigenvalue weighted by Crippen LogP contribution is -2.50. The summed E-state index contributed by atoms with van der Waals surface area (Å²) in [7, 11) is 0. The third kappa shape index (κ3) is 4.90. The molecule has 9 heteroatoms. The molecule has 2 heterocycles. The highest BCUT2D eigenvalue weighted by Crippen LogP contribution is 2.36. The van der Waals surface area contributed by atoms with Gasteiger partial charge >= 0.3 is 0 Å². The molecule has 0 aromatic heterocycles. The minimum Gasteiger partial charge on any atom is -0.454 e. The maximum atomic E-state index is 14.3. The lowest BCUT2D eigenvalue weighted by atomic mass is 10.0. The van der Waals surface area contributed by atoms with Crippen LogP contribution in [-0.2, 0) is 0 Å². The summed E-state index contributed by atoms with van der Waals surface area (Å²) in [4.78, 5) is 16.9. The van der Waals surface area contributed by atoms with Gasteiger partial charge in [0, 0.05) is 38.3 Å². The molecule has 2 aliphatic heterocycles. The quantitative estimate of drug-likeness (QED) is 0.572. The molecule has 2 aliphatic rings. The number of nitrogens with zero attached hydrogens (tertiary/aromatic N) is 2. The fraction of sp³-hybridized carbons (Fsp3) is 0.269. The van der Waals surface area contributed by atoms with Crippen molar-refractivity contribution in [3.8, 4) is 11.5 Å². The predicted molar refractivity (Wildman–Crippen MR) is 124 cm³/mol. The number of amides is 1. The summed E-state index contributed by atoms with van der Waals surface area (Å²) in [6.45, 7) is 2.87. The highest BCUT2D eigenvalue weighted by atomic mass is 19.2. The maximum absolute atomic E-state index is 14.3. The first-order valence-corrected chi connectivity index (χ1v) is 11.4. The summed E-state index contributed by atoms with van der Waals surface area (Å²) >= 11 is 0. The van der Waals surface area contributed by atoms with Gasteiger partial charge in [0.2, 0.25) is 6.79 Å². The first kappa shape index (κ1) is 23.0. The van der Waals surface area contributed by atoms with Crippen molar-refractivity contribution in [3.05, 3.63) is 89.2 Å². The minimum atomic E-state index is -1.07. The van der Waals surface area contributed by atoms with Gasteiger partial charge in [-0.15, -0.1) is 0 Å². The van der Waals surface area contributed by atoms with Gasteiger partial charge in [0.05, 0.1) is 11.7 Å². The van der Waals surface area contributed by atoms with Crippen LogP contribution < -0.4 is 19.7 Å². The molecule has 0 aliphatic carbocycles. The third-order valence-corrected chi connectivity index (χ3v) is 6.37. The highest BCUT2D eigenvalue weighted by Gasteiger charge is 2.28. The first-order valence-electron chi connectivity index (χ1n) is 11.4. The second-order valence-corrected chi connectivity index (χ2v) is 8.44. The molecule has 1 amide bonds. The van der Waals surface area contributed by atoms with Crippen molar-refractivity contribution in [3.63, 3.8) is 0 Å². The fourth-order valence-corrected chi connectivity index (χ4v) is 4.49. The number of fused-ring (bicyclic) bond motifs is 1. The van der Waals surface area contributed by atoms with E-state index in [1.54, 1.807) is 12.1 Å². The number of carbonyl (C=O) groups is 1. The van der Waals surface area contributed by atoms with Crippen LogP contribution in [0.4, 0.5) is 18.9 Å². The average molecular weight is 483 g/mol. The molecule has 0 bridgehead atoms. The van der Waals surface area contributed by atoms with E-state index in [-0.39, 0.29) is 30.8 Å². The van der Waals surface area contributed by atoms with E-state index in [1.807, 2.05) is 29.2 Å². The smallest absolute Gasteiger partial charge is 0.251 e. The van der Waals surface area contributed by atoms with Crippen LogP contribution in [0.5, 0.6) is 11.5 Å². The normalized spacial score (nSPS) is 16.3. The molecule has 0 unspecified atom stereocenters. The molecule has 0 saturated carbocycles. The van der Waals surface area contributed by atoms with Crippen LogP contribution in [0.25, 0.3) is 0 Å². The Morgan fingerprint density at radius 3 is 2.40 bits per heavy atom. The van der Waals surface area contributed by atoms with Gasteiger partial charge in [0.25, 0.3) is 5.91 Å². The zero-order chi connectivity index (χ0) is 24.4. The third-order valence-electron chi connectivity index (χ3n) is 6.37. The molecule has 35 heavy (non-hydrogen) atoms. The van der Waals surface area contributed by atoms with Gasteiger partial charge < -0.3 is 19.7 Å². The Kier molecular flexibility index (Phi) is 6.50. The van der Waals surface area contributed by atoms with Gasteiger partial charge in [-0.25, -0.2) is 13.2 Å². The molecule has 0 spiro atoms. The molecule has 1 N–H and O–H groups in total. The van der Waals surface area contributed by atoms with Crippen LogP contribution in [0.15, 0.2) is 60.7 Å². The van der Waals surface area contributed by atoms with E-state index in [1.165, 1.54) is 12.1 Å². The van der Waals surface area contributed by atoms with Crippen molar-refractivity contribution >= 4 is 11.6 Å². The lowest BCUT2D eigenvalue weighted by molar-refractivity contribution is 0.0929. The number of halogens is 3. The fourth-order valence-electron chi connectivity index (χ4n) is 4.49. The maximum Gasteiger partial charge on any atom is 0.251 e. The van der Waals surface area contributed by atoms with Gasteiger partial charge in [-0.1, -0.05) is 18.2 Å². The first-order chi connectivity index (χ1) is 17.0. The summed E-state index contributed by atoms with van der Waals surface area (Å²) in [6.07, 6.45) is 0. The van der Waals surface area contributed by atoms with Crippen LogP contribution in [0, 0.1) is 17.5 Å². The van der Waals surface area contributed by atoms with Crippen molar-refractivity contribution in [2.24, 2.45) is 0 Å². The van der Waals surface area contributed by atoms with Gasteiger partial charge in [0.15, 0.2) is 23.1 Å². The van der Waals surface area contributed by atoms with E-state index >= 15 is 0 Å². The van der Waals surface area contributed by atoms with E-state index in [0.717, 1.165) is 17.7 Å². The molecule has 1 atom stereocenters. The van der Waals surface area contributed by atoms with Crippen LogP contribution >= 0.6 is 0 Å². The second-order valence-electron chi connectivity index (χ2n) is 8.44. The van der Waals surface area contributed by atoms with Crippen LogP contribution in [0.3, 0.4) is 0 Å². The van der Waals surface area contributed by atoms with E-state index in [2.05, 4.69) is 10.2 Å². The molecule has 3 aromatic carbocycles. The number of piperazine rings is 1. The van der Waals surface area contributed by atoms with Crippen molar-refractivity contribution in [1.82, 2.24) is 10.2 Å². The van der Waals surface area contributed by atoms with E-state index < -0.39 is 17.5 Å². The van der Waals surface area contributed by atoms with Crippen LogP contribution in [0.1, 0.15) is 22.0 Å². The summed E-state index contributed by atoms with van der Waals surface area (Å²) < 4.78 is 52.1. The zero-order valence-electron chi connectivity index (χ0n) is 18.8. The van der Waals surface area contributed by atoms with Crippen molar-refractivity contribution in [1.29, 1.82) is 0 Å². The number of rotatable bonds is 6. The van der Waals surface area contributed by atoms with Gasteiger partial charge in [-0.3, -0.25) is 9.69 Å². The van der Waals surface area contributed by atoms with Crippen molar-refractivity contribution < 1.29 is 27.4 Å². The van der Waals surface area contributed by atoms with Crippen LogP contribution in [-0.4, -0.2) is 50.3 Å². The number of benzene rings is 3. The topological polar surface area (TPSA) is 54.0 Å². The Hall–Kier alpha value is -3.72. The molecule has 182 valence electrons. The Bertz CT molecular complexity index is 1230. The monoisotopic (exact) mass is 483 g/mol. The number of hydrogen-bond donors (Lipinski definition) is 1. The predicted octanol–water partition coefficient (Wildman–Crippen LogP) is 4.13. The molecular weight excluding hydrogens is 459 g/mol. The average Bonchev–Trinajstić information content (AvgIpc) is 3.35. The largest absolute Gasteiger partial charge is 0.454 e. The molecule has 1 fully saturated rings. The van der Waals surface area contributed by atoms with Gasteiger partial charge in [0.1, 0.15) is 5.82 Å². The molecule has 6 nitrogen and oxygen atoms in total. The van der Waals surface area contributed by atoms with E-state index in [4.69, 9.17) is 9.47 Å². The molecule has 1 saturated heterocycles. The Morgan fingerprint density at radius 2 is 1.63 bits per heavy atom. The number of ether oxygens (including phenoxy) is 2. The van der Waals surface area contributed by atoms with Gasteiger partial charge in [-0.05, 0) is 48.0 Å². The van der Waals surface area contributed by atoms with Gasteiger partial charge in [-0.2, -0.15) is 0 Å². The number of nitrogens with one attached hydrogen (secondary N) is 1. The molecule has 0 radical (unpaired) electrons. The zero-order valence-corrected chi connectivity index (χ0v) is 18.8. The number of hydrogen-bond acceptors (Lipinski definition) is 5. The molecule has 3 aromatic rings.